The topological polar surface area (TPSA) is 72.9 Å². The Hall–Kier alpha value is -1.02. The van der Waals surface area contributed by atoms with Crippen LogP contribution < -0.4 is 4.74 Å². The van der Waals surface area contributed by atoms with Crippen LogP contribution in [-0.2, 0) is 19.6 Å². The fourth-order valence-electron chi connectivity index (χ4n) is 2.46. The first-order chi connectivity index (χ1) is 12.7. The monoisotopic (exact) mass is 439 g/mol. The smallest absolute Gasteiger partial charge is 0.305 e. The van der Waals surface area contributed by atoms with Crippen molar-refractivity contribution in [3.05, 3.63) is 28.2 Å². The summed E-state index contributed by atoms with van der Waals surface area (Å²) in [5.74, 6) is 0.313. The molecule has 0 unspecified atom stereocenters. The third-order valence-corrected chi connectivity index (χ3v) is 5.50. The van der Waals surface area contributed by atoms with E-state index in [9.17, 15) is 13.2 Å². The summed E-state index contributed by atoms with van der Waals surface area (Å²) in [6, 6.07) is 4.85. The molecule has 27 heavy (non-hydrogen) atoms. The summed E-state index contributed by atoms with van der Waals surface area (Å²) in [6.07, 6.45) is 4.75. The van der Waals surface area contributed by atoms with Gasteiger partial charge in [0.15, 0.2) is 0 Å². The Labute approximate surface area is 171 Å². The zero-order chi connectivity index (χ0) is 20.3. The second-order valence-electron chi connectivity index (χ2n) is 6.08. The van der Waals surface area contributed by atoms with Crippen LogP contribution >= 0.6 is 23.2 Å². The number of sulfonamides is 1. The minimum absolute atomic E-state index is 0.187. The summed E-state index contributed by atoms with van der Waals surface area (Å²) in [4.78, 5) is 11.3. The first-order valence-corrected chi connectivity index (χ1v) is 11.5. The number of nitrogens with zero attached hydrogens (tertiary/aromatic N) is 1. The molecule has 0 radical (unpaired) electrons. The second-order valence-corrected chi connectivity index (χ2v) is 8.94. The first kappa shape index (κ1) is 24.0. The van der Waals surface area contributed by atoms with Crippen molar-refractivity contribution >= 4 is 39.2 Å². The van der Waals surface area contributed by atoms with Gasteiger partial charge in [-0.2, -0.15) is 4.31 Å². The average molecular weight is 440 g/mol. The largest absolute Gasteiger partial charge is 0.492 e. The van der Waals surface area contributed by atoms with Gasteiger partial charge >= 0.3 is 5.97 Å². The number of benzene rings is 1. The number of hydrogen-bond donors (Lipinski definition) is 0. The molecule has 1 aromatic carbocycles. The number of unbranched alkanes of at least 4 members (excludes halogenated alkanes) is 3. The van der Waals surface area contributed by atoms with E-state index < -0.39 is 10.0 Å². The molecule has 0 amide bonds. The number of hydrogen-bond acceptors (Lipinski definition) is 5. The minimum atomic E-state index is -3.32. The molecule has 0 N–H and O–H groups in total. The van der Waals surface area contributed by atoms with E-state index in [0.717, 1.165) is 25.7 Å². The van der Waals surface area contributed by atoms with E-state index in [0.29, 0.717) is 35.4 Å². The van der Waals surface area contributed by atoms with Gasteiger partial charge in [0.25, 0.3) is 0 Å². The molecule has 0 spiro atoms. The molecule has 0 atom stereocenters. The van der Waals surface area contributed by atoms with Crippen LogP contribution in [0.4, 0.5) is 0 Å². The Morgan fingerprint density at radius 1 is 1.04 bits per heavy atom. The fraction of sp³-hybridized carbons (Fsp3) is 0.611. The SMILES string of the molecule is CCOC(=O)CCCCCCN(CCOc1cc(Cl)cc(Cl)c1)S(C)(=O)=O. The summed E-state index contributed by atoms with van der Waals surface area (Å²) >= 11 is 11.8. The van der Waals surface area contributed by atoms with Crippen molar-refractivity contribution in [2.24, 2.45) is 0 Å². The van der Waals surface area contributed by atoms with Crippen LogP contribution in [0.2, 0.25) is 10.0 Å². The van der Waals surface area contributed by atoms with Gasteiger partial charge in [-0.3, -0.25) is 4.79 Å². The lowest BCUT2D eigenvalue weighted by atomic mass is 10.1. The summed E-state index contributed by atoms with van der Waals surface area (Å²) in [7, 11) is -3.32. The number of carbonyl (C=O) groups excluding carboxylic acids is 1. The van der Waals surface area contributed by atoms with E-state index in [1.54, 1.807) is 25.1 Å². The molecule has 0 saturated carbocycles. The molecule has 6 nitrogen and oxygen atoms in total. The highest BCUT2D eigenvalue weighted by atomic mass is 35.5. The Kier molecular flexibility index (Phi) is 11.1. The zero-order valence-electron chi connectivity index (χ0n) is 15.7. The molecule has 0 heterocycles. The molecular formula is C18H27Cl2NO5S. The van der Waals surface area contributed by atoms with Gasteiger partial charge in [-0.15, -0.1) is 0 Å². The molecule has 9 heteroatoms. The minimum Gasteiger partial charge on any atom is -0.492 e. The van der Waals surface area contributed by atoms with Gasteiger partial charge in [-0.25, -0.2) is 8.42 Å². The molecular weight excluding hydrogens is 413 g/mol. The van der Waals surface area contributed by atoms with E-state index >= 15 is 0 Å². The molecule has 0 aliphatic rings. The fourth-order valence-corrected chi connectivity index (χ4v) is 3.84. The van der Waals surface area contributed by atoms with Crippen LogP contribution in [0.1, 0.15) is 39.0 Å². The maximum absolute atomic E-state index is 11.9. The second kappa shape index (κ2) is 12.4. The maximum atomic E-state index is 11.9. The molecule has 154 valence electrons. The number of esters is 1. The summed E-state index contributed by atoms with van der Waals surface area (Å²) in [5, 5.41) is 0.917. The van der Waals surface area contributed by atoms with Gasteiger partial charge < -0.3 is 9.47 Å². The third kappa shape index (κ3) is 10.8. The standard InChI is InChI=1S/C18H27Cl2NO5S/c1-3-25-18(22)8-6-4-5-7-9-21(27(2,23)24)10-11-26-17-13-15(19)12-16(20)14-17/h12-14H,3-11H2,1-2H3. The summed E-state index contributed by atoms with van der Waals surface area (Å²) < 4.78 is 35.7. The third-order valence-electron chi connectivity index (χ3n) is 3.76. The van der Waals surface area contributed by atoms with Gasteiger partial charge in [0.1, 0.15) is 12.4 Å². The van der Waals surface area contributed by atoms with E-state index in [1.807, 2.05) is 0 Å². The van der Waals surface area contributed by atoms with Crippen molar-refractivity contribution in [1.29, 1.82) is 0 Å². The summed E-state index contributed by atoms with van der Waals surface area (Å²) in [6.45, 7) is 3.03. The first-order valence-electron chi connectivity index (χ1n) is 8.92. The average Bonchev–Trinajstić information content (AvgIpc) is 2.54. The van der Waals surface area contributed by atoms with E-state index in [1.165, 1.54) is 10.6 Å². The van der Waals surface area contributed by atoms with E-state index in [2.05, 4.69) is 0 Å². The Morgan fingerprint density at radius 2 is 1.67 bits per heavy atom. The van der Waals surface area contributed by atoms with Gasteiger partial charge in [-0.05, 0) is 38.0 Å². The predicted molar refractivity (Wildman–Crippen MR) is 108 cm³/mol. The van der Waals surface area contributed by atoms with Gasteiger partial charge in [-0.1, -0.05) is 36.0 Å². The van der Waals surface area contributed by atoms with Crippen molar-refractivity contribution < 1.29 is 22.7 Å². The van der Waals surface area contributed by atoms with Crippen LogP contribution in [0, 0.1) is 0 Å². The van der Waals surface area contributed by atoms with Crippen LogP contribution in [0.25, 0.3) is 0 Å². The highest BCUT2D eigenvalue weighted by Crippen LogP contribution is 2.24. The Morgan fingerprint density at radius 3 is 2.26 bits per heavy atom. The number of ether oxygens (including phenoxy) is 2. The highest BCUT2D eigenvalue weighted by Gasteiger charge is 2.16. The van der Waals surface area contributed by atoms with Crippen molar-refractivity contribution in [2.45, 2.75) is 39.0 Å². The Bertz CT molecular complexity index is 677. The van der Waals surface area contributed by atoms with Crippen molar-refractivity contribution in [1.82, 2.24) is 4.31 Å². The van der Waals surface area contributed by atoms with Crippen molar-refractivity contribution in [2.75, 3.05) is 32.6 Å². The van der Waals surface area contributed by atoms with Crippen LogP contribution in [0.5, 0.6) is 5.75 Å². The molecule has 1 aromatic rings. The molecule has 0 fully saturated rings. The van der Waals surface area contributed by atoms with Crippen LogP contribution in [0.15, 0.2) is 18.2 Å². The van der Waals surface area contributed by atoms with Crippen molar-refractivity contribution in [3.8, 4) is 5.75 Å². The number of rotatable bonds is 13. The predicted octanol–water partition coefficient (Wildman–Crippen LogP) is 4.15. The van der Waals surface area contributed by atoms with E-state index in [-0.39, 0.29) is 19.1 Å². The molecule has 0 aromatic heterocycles. The Balaban J connectivity index is 2.34. The van der Waals surface area contributed by atoms with Gasteiger partial charge in [0, 0.05) is 29.6 Å². The van der Waals surface area contributed by atoms with Crippen molar-refractivity contribution in [3.63, 3.8) is 0 Å². The normalized spacial score (nSPS) is 11.6. The number of halogens is 2. The van der Waals surface area contributed by atoms with E-state index in [4.69, 9.17) is 32.7 Å². The molecule has 0 bridgehead atoms. The lowest BCUT2D eigenvalue weighted by Crippen LogP contribution is -2.34. The lowest BCUT2D eigenvalue weighted by molar-refractivity contribution is -0.143. The summed E-state index contributed by atoms with van der Waals surface area (Å²) in [5.41, 5.74) is 0. The van der Waals surface area contributed by atoms with Gasteiger partial charge in [0.05, 0.1) is 12.9 Å². The molecule has 0 aliphatic carbocycles. The zero-order valence-corrected chi connectivity index (χ0v) is 18.1. The molecule has 0 saturated heterocycles. The molecule has 1 rings (SSSR count). The van der Waals surface area contributed by atoms with Crippen LogP contribution in [-0.4, -0.2) is 51.3 Å². The van der Waals surface area contributed by atoms with Gasteiger partial charge in [0.2, 0.25) is 10.0 Å². The highest BCUT2D eigenvalue weighted by molar-refractivity contribution is 7.88. The maximum Gasteiger partial charge on any atom is 0.305 e. The lowest BCUT2D eigenvalue weighted by Gasteiger charge is -2.20. The van der Waals surface area contributed by atoms with Crippen LogP contribution in [0.3, 0.4) is 0 Å². The molecule has 0 aliphatic heterocycles. The quantitative estimate of drug-likeness (QED) is 0.340. The number of carbonyl (C=O) groups is 1.